The molecule has 0 fully saturated rings. The number of aliphatic hydroxyl groups excluding tert-OH is 1. The van der Waals surface area contributed by atoms with Crippen LogP contribution in [-0.4, -0.2) is 48.5 Å². The number of rotatable bonds is 9. The molecule has 1 aromatic rings. The molecule has 0 radical (unpaired) electrons. The number of hydrogen-bond acceptors (Lipinski definition) is 5. The lowest BCUT2D eigenvalue weighted by molar-refractivity contribution is -0.137. The van der Waals surface area contributed by atoms with Gasteiger partial charge in [-0.1, -0.05) is 26.0 Å². The molecular formula is C25H36FNO5. The van der Waals surface area contributed by atoms with E-state index in [0.717, 1.165) is 5.56 Å². The number of Topliss-reactive ketones (excluding diaryl/α,β-unsaturated/α-hetero) is 2. The number of halogens is 1. The van der Waals surface area contributed by atoms with Crippen molar-refractivity contribution in [2.45, 2.75) is 64.8 Å². The predicted molar refractivity (Wildman–Crippen MR) is 120 cm³/mol. The van der Waals surface area contributed by atoms with Gasteiger partial charge in [-0.05, 0) is 62.1 Å². The number of carbonyl (C=O) groups excluding carboxylic acids is 3. The molecule has 2 bridgehead atoms. The number of nitrogens with one attached hydrogen (secondary N) is 1. The first-order valence-electron chi connectivity index (χ1n) is 11.6. The Labute approximate surface area is 189 Å². The maximum absolute atomic E-state index is 13.4. The highest BCUT2D eigenvalue weighted by Crippen LogP contribution is 2.27. The van der Waals surface area contributed by atoms with Crippen molar-refractivity contribution in [2.24, 2.45) is 17.8 Å². The Kier molecular flexibility index (Phi) is 10.8. The molecule has 0 saturated heterocycles. The van der Waals surface area contributed by atoms with E-state index >= 15 is 0 Å². The molecule has 2 N–H and O–H groups in total. The van der Waals surface area contributed by atoms with Crippen LogP contribution in [0.3, 0.4) is 0 Å². The van der Waals surface area contributed by atoms with Crippen molar-refractivity contribution in [3.63, 3.8) is 0 Å². The van der Waals surface area contributed by atoms with Crippen LogP contribution < -0.4 is 10.1 Å². The normalized spacial score (nSPS) is 22.2. The maximum atomic E-state index is 13.4. The van der Waals surface area contributed by atoms with E-state index in [1.54, 1.807) is 0 Å². The van der Waals surface area contributed by atoms with E-state index in [4.69, 9.17) is 4.74 Å². The minimum Gasteiger partial charge on any atom is -0.494 e. The fraction of sp³-hybridized carbons (Fsp3) is 0.640. The van der Waals surface area contributed by atoms with Gasteiger partial charge in [0, 0.05) is 18.3 Å². The Balaban J connectivity index is 2.35. The minimum absolute atomic E-state index is 0.146. The number of hydrogen-bond donors (Lipinski definition) is 2. The van der Waals surface area contributed by atoms with E-state index in [1.807, 2.05) is 38.1 Å². The zero-order valence-corrected chi connectivity index (χ0v) is 19.1. The van der Waals surface area contributed by atoms with Crippen LogP contribution in [0.15, 0.2) is 24.3 Å². The van der Waals surface area contributed by atoms with E-state index in [2.05, 4.69) is 5.32 Å². The second-order valence-corrected chi connectivity index (χ2v) is 8.98. The average molecular weight is 450 g/mol. The van der Waals surface area contributed by atoms with E-state index in [9.17, 15) is 23.9 Å². The number of aliphatic hydroxyl groups is 1. The lowest BCUT2D eigenvalue weighted by Crippen LogP contribution is -2.48. The van der Waals surface area contributed by atoms with Gasteiger partial charge in [0.1, 0.15) is 12.4 Å². The number of ketones is 2. The van der Waals surface area contributed by atoms with E-state index in [1.165, 1.54) is 0 Å². The third-order valence-corrected chi connectivity index (χ3v) is 5.92. The molecule has 3 rings (SSSR count). The van der Waals surface area contributed by atoms with Crippen molar-refractivity contribution in [3.8, 4) is 5.75 Å². The topological polar surface area (TPSA) is 92.7 Å². The highest BCUT2D eigenvalue weighted by Gasteiger charge is 2.35. The molecule has 7 heteroatoms. The average Bonchev–Trinajstić information content (AvgIpc) is 2.77. The summed E-state index contributed by atoms with van der Waals surface area (Å²) in [6.07, 6.45) is 2.68. The van der Waals surface area contributed by atoms with Crippen LogP contribution in [0, 0.1) is 17.8 Å². The van der Waals surface area contributed by atoms with Gasteiger partial charge in [-0.15, -0.1) is 0 Å². The Hall–Kier alpha value is -2.28. The number of ether oxygens (including phenoxy) is 1. The molecule has 0 aliphatic carbocycles. The predicted octanol–water partition coefficient (Wildman–Crippen LogP) is 3.44. The van der Waals surface area contributed by atoms with E-state index in [-0.39, 0.29) is 29.8 Å². The molecule has 6 nitrogen and oxygen atoms in total. The molecule has 3 atom stereocenters. The van der Waals surface area contributed by atoms with Crippen molar-refractivity contribution in [3.05, 3.63) is 29.8 Å². The molecule has 32 heavy (non-hydrogen) atoms. The van der Waals surface area contributed by atoms with Gasteiger partial charge in [0.25, 0.3) is 0 Å². The number of amides is 1. The molecule has 0 saturated carbocycles. The van der Waals surface area contributed by atoms with Gasteiger partial charge in [0.15, 0.2) is 11.6 Å². The van der Waals surface area contributed by atoms with Gasteiger partial charge >= 0.3 is 0 Å². The standard InChI is InChI=1S/C25H36FNO5/c1-17(2)14-21-20(24(30)16-28)6-5-13-32-19-10-8-18(9-11-19)15-22(27-25(21)31)23(29)7-3-4-12-26/h8-11,17,20-22,28H,3-7,12-16H2,1-2H3,(H,27,31)/t20-,21+,22-/m0/s1. The molecule has 178 valence electrons. The zero-order valence-electron chi connectivity index (χ0n) is 19.1. The molecule has 2 heterocycles. The fourth-order valence-electron chi connectivity index (χ4n) is 4.21. The molecule has 1 amide bonds. The van der Waals surface area contributed by atoms with Gasteiger partial charge < -0.3 is 15.2 Å². The third-order valence-electron chi connectivity index (χ3n) is 5.92. The first kappa shape index (κ1) is 26.0. The molecular weight excluding hydrogens is 413 g/mol. The van der Waals surface area contributed by atoms with Crippen molar-refractivity contribution >= 4 is 17.5 Å². The smallest absolute Gasteiger partial charge is 0.224 e. The highest BCUT2D eigenvalue weighted by atomic mass is 19.1. The minimum atomic E-state index is -0.753. The molecule has 0 aromatic heterocycles. The van der Waals surface area contributed by atoms with Crippen LogP contribution >= 0.6 is 0 Å². The van der Waals surface area contributed by atoms with Crippen molar-refractivity contribution in [1.82, 2.24) is 5.32 Å². The molecule has 1 aromatic carbocycles. The summed E-state index contributed by atoms with van der Waals surface area (Å²) in [4.78, 5) is 38.8. The second kappa shape index (κ2) is 13.3. The molecule has 2 aliphatic rings. The van der Waals surface area contributed by atoms with Crippen molar-refractivity contribution in [2.75, 3.05) is 19.9 Å². The summed E-state index contributed by atoms with van der Waals surface area (Å²) >= 11 is 0. The lowest BCUT2D eigenvalue weighted by atomic mass is 9.79. The Morgan fingerprint density at radius 3 is 2.53 bits per heavy atom. The van der Waals surface area contributed by atoms with Gasteiger partial charge in [-0.2, -0.15) is 0 Å². The number of benzene rings is 1. The van der Waals surface area contributed by atoms with E-state index in [0.29, 0.717) is 50.9 Å². The van der Waals surface area contributed by atoms with Crippen LogP contribution in [0.5, 0.6) is 5.75 Å². The summed E-state index contributed by atoms with van der Waals surface area (Å²) in [7, 11) is 0. The fourth-order valence-corrected chi connectivity index (χ4v) is 4.21. The van der Waals surface area contributed by atoms with Crippen LogP contribution in [0.1, 0.15) is 57.9 Å². The quantitative estimate of drug-likeness (QED) is 0.564. The summed E-state index contributed by atoms with van der Waals surface area (Å²) in [5.74, 6) is -1.29. The van der Waals surface area contributed by atoms with Crippen LogP contribution in [0.2, 0.25) is 0 Å². The van der Waals surface area contributed by atoms with Crippen molar-refractivity contribution in [1.29, 1.82) is 0 Å². The van der Waals surface area contributed by atoms with Gasteiger partial charge in [-0.3, -0.25) is 18.8 Å². The number of unbranched alkanes of at least 4 members (excludes halogenated alkanes) is 1. The SMILES string of the molecule is CC(C)C[C@H]1C(=O)N[C@H](C(=O)CCCCF)Cc2ccc(cc2)OCCC[C@@H]1C(=O)CO. The number of alkyl halides is 1. The maximum Gasteiger partial charge on any atom is 0.224 e. The second-order valence-electron chi connectivity index (χ2n) is 8.98. The van der Waals surface area contributed by atoms with E-state index < -0.39 is 31.2 Å². The highest BCUT2D eigenvalue weighted by molar-refractivity contribution is 5.93. The Bertz CT molecular complexity index is 749. The van der Waals surface area contributed by atoms with Crippen LogP contribution in [0.4, 0.5) is 4.39 Å². The van der Waals surface area contributed by atoms with Gasteiger partial charge in [0.2, 0.25) is 5.91 Å². The molecule has 0 spiro atoms. The summed E-state index contributed by atoms with van der Waals surface area (Å²) in [6.45, 7) is 3.25. The first-order valence-corrected chi connectivity index (χ1v) is 11.6. The summed E-state index contributed by atoms with van der Waals surface area (Å²) in [6, 6.07) is 6.64. The summed E-state index contributed by atoms with van der Waals surface area (Å²) in [5, 5.41) is 12.4. The summed E-state index contributed by atoms with van der Waals surface area (Å²) in [5.41, 5.74) is 0.877. The zero-order chi connectivity index (χ0) is 23.5. The monoisotopic (exact) mass is 449 g/mol. The summed E-state index contributed by atoms with van der Waals surface area (Å²) < 4.78 is 18.3. The molecule has 2 aliphatic heterocycles. The van der Waals surface area contributed by atoms with Crippen LogP contribution in [-0.2, 0) is 20.8 Å². The third kappa shape index (κ3) is 8.01. The van der Waals surface area contributed by atoms with Crippen LogP contribution in [0.25, 0.3) is 0 Å². The Morgan fingerprint density at radius 2 is 1.91 bits per heavy atom. The number of carbonyl (C=O) groups is 3. The first-order chi connectivity index (χ1) is 15.3. The number of fused-ring (bicyclic) bond motifs is 11. The lowest BCUT2D eigenvalue weighted by Gasteiger charge is -2.29. The van der Waals surface area contributed by atoms with Gasteiger partial charge in [-0.25, -0.2) is 0 Å². The molecule has 0 unspecified atom stereocenters. The Morgan fingerprint density at radius 1 is 1.19 bits per heavy atom. The van der Waals surface area contributed by atoms with Crippen molar-refractivity contribution < 1.29 is 28.6 Å². The van der Waals surface area contributed by atoms with Gasteiger partial charge in [0.05, 0.1) is 19.3 Å². The largest absolute Gasteiger partial charge is 0.494 e.